The molecule has 1 amide bonds. The maximum absolute atomic E-state index is 12.8. The summed E-state index contributed by atoms with van der Waals surface area (Å²) >= 11 is 0. The van der Waals surface area contributed by atoms with Gasteiger partial charge in [0.05, 0.1) is 6.54 Å². The van der Waals surface area contributed by atoms with Crippen molar-refractivity contribution in [1.29, 1.82) is 0 Å². The lowest BCUT2D eigenvalue weighted by Gasteiger charge is -2.22. The van der Waals surface area contributed by atoms with Crippen molar-refractivity contribution >= 4 is 5.91 Å². The second-order valence-electron chi connectivity index (χ2n) is 8.78. The van der Waals surface area contributed by atoms with Crippen LogP contribution in [0.1, 0.15) is 33.9 Å². The molecule has 1 aromatic carbocycles. The first-order valence-electron chi connectivity index (χ1n) is 10.4. The van der Waals surface area contributed by atoms with Crippen LogP contribution in [0, 0.1) is 12.3 Å². The van der Waals surface area contributed by atoms with E-state index in [4.69, 9.17) is 0 Å². The highest BCUT2D eigenvalue weighted by Gasteiger charge is 2.46. The van der Waals surface area contributed by atoms with Crippen LogP contribution in [-0.2, 0) is 26.6 Å². The Morgan fingerprint density at radius 2 is 1.84 bits per heavy atom. The van der Waals surface area contributed by atoms with Crippen LogP contribution in [0.4, 0.5) is 0 Å². The summed E-state index contributed by atoms with van der Waals surface area (Å²) in [4.78, 5) is 40.0. The average molecular weight is 420 g/mol. The van der Waals surface area contributed by atoms with Crippen LogP contribution >= 0.6 is 0 Å². The smallest absolute Gasteiger partial charge is 0.332 e. The molecule has 1 spiro atoms. The van der Waals surface area contributed by atoms with E-state index in [2.05, 4.69) is 10.2 Å². The molecule has 1 atom stereocenters. The Hall–Kier alpha value is -3.49. The van der Waals surface area contributed by atoms with E-state index in [1.807, 2.05) is 31.2 Å². The van der Waals surface area contributed by atoms with Gasteiger partial charge in [-0.1, -0.05) is 29.8 Å². The summed E-state index contributed by atoms with van der Waals surface area (Å²) in [6.07, 6.45) is 3.08. The van der Waals surface area contributed by atoms with E-state index in [1.54, 1.807) is 28.9 Å². The minimum Gasteiger partial charge on any atom is -0.337 e. The number of aryl methyl sites for hydroxylation is 2. The number of hydrogen-bond acceptors (Lipinski definition) is 5. The maximum atomic E-state index is 12.8. The first-order valence-corrected chi connectivity index (χ1v) is 10.4. The van der Waals surface area contributed by atoms with Crippen LogP contribution in [0.2, 0.25) is 0 Å². The van der Waals surface area contributed by atoms with Gasteiger partial charge in [-0.05, 0) is 25.0 Å². The number of amides is 1. The molecule has 160 valence electrons. The number of benzene rings is 1. The van der Waals surface area contributed by atoms with Gasteiger partial charge in [-0.15, -0.1) is 0 Å². The second kappa shape index (κ2) is 7.04. The fourth-order valence-corrected chi connectivity index (χ4v) is 4.65. The zero-order valence-electron chi connectivity index (χ0n) is 17.6. The molecule has 31 heavy (non-hydrogen) atoms. The van der Waals surface area contributed by atoms with Crippen molar-refractivity contribution in [3.05, 3.63) is 79.9 Å². The summed E-state index contributed by atoms with van der Waals surface area (Å²) < 4.78 is 4.38. The zero-order valence-corrected chi connectivity index (χ0v) is 17.6. The van der Waals surface area contributed by atoms with E-state index in [0.29, 0.717) is 37.6 Å². The summed E-state index contributed by atoms with van der Waals surface area (Å²) in [6, 6.07) is 9.53. The largest absolute Gasteiger partial charge is 0.337 e. The summed E-state index contributed by atoms with van der Waals surface area (Å²) in [7, 11) is 1.78. The van der Waals surface area contributed by atoms with Crippen LogP contribution in [0.3, 0.4) is 0 Å². The molecule has 9 heteroatoms. The Morgan fingerprint density at radius 1 is 1.06 bits per heavy atom. The van der Waals surface area contributed by atoms with E-state index >= 15 is 0 Å². The third kappa shape index (κ3) is 3.39. The predicted molar refractivity (Wildman–Crippen MR) is 113 cm³/mol. The molecule has 0 bridgehead atoms. The molecule has 3 aromatic rings. The van der Waals surface area contributed by atoms with Crippen molar-refractivity contribution in [2.24, 2.45) is 12.5 Å². The fraction of sp³-hybridized carbons (Fsp3) is 0.409. The van der Waals surface area contributed by atoms with E-state index in [-0.39, 0.29) is 17.9 Å². The van der Waals surface area contributed by atoms with Gasteiger partial charge in [0.15, 0.2) is 0 Å². The Morgan fingerprint density at radius 3 is 2.55 bits per heavy atom. The fourth-order valence-electron chi connectivity index (χ4n) is 4.65. The van der Waals surface area contributed by atoms with Gasteiger partial charge in [0.1, 0.15) is 11.5 Å². The van der Waals surface area contributed by atoms with Crippen LogP contribution in [0.15, 0.2) is 46.1 Å². The Bertz CT molecular complexity index is 1290. The van der Waals surface area contributed by atoms with Gasteiger partial charge in [0.2, 0.25) is 0 Å². The topological polar surface area (TPSA) is 95.0 Å². The highest BCUT2D eigenvalue weighted by Crippen LogP contribution is 2.39. The second-order valence-corrected chi connectivity index (χ2v) is 8.78. The average Bonchev–Trinajstić information content (AvgIpc) is 3.46. The van der Waals surface area contributed by atoms with Crippen molar-refractivity contribution in [2.45, 2.75) is 32.9 Å². The van der Waals surface area contributed by atoms with Crippen molar-refractivity contribution in [3.63, 3.8) is 0 Å². The van der Waals surface area contributed by atoms with Gasteiger partial charge in [0.25, 0.3) is 5.91 Å². The highest BCUT2D eigenvalue weighted by atomic mass is 16.2. The lowest BCUT2D eigenvalue weighted by atomic mass is 9.86. The lowest BCUT2D eigenvalue weighted by Crippen LogP contribution is -2.43. The van der Waals surface area contributed by atoms with Gasteiger partial charge in [-0.2, -0.15) is 10.2 Å². The van der Waals surface area contributed by atoms with Crippen LogP contribution in [0.5, 0.6) is 0 Å². The molecular formula is C22H24N6O3. The number of likely N-dealkylation sites (tertiary alicyclic amines) is 1. The molecule has 0 N–H and O–H groups in total. The molecule has 0 radical (unpaired) electrons. The molecule has 4 heterocycles. The molecular weight excluding hydrogens is 396 g/mol. The minimum absolute atomic E-state index is 0.104. The van der Waals surface area contributed by atoms with Crippen LogP contribution < -0.4 is 11.1 Å². The first-order chi connectivity index (χ1) is 14.8. The van der Waals surface area contributed by atoms with Gasteiger partial charge < -0.3 is 4.90 Å². The van der Waals surface area contributed by atoms with Gasteiger partial charge in [-0.3, -0.25) is 23.6 Å². The van der Waals surface area contributed by atoms with Gasteiger partial charge in [0, 0.05) is 44.7 Å². The molecule has 0 unspecified atom stereocenters. The lowest BCUT2D eigenvalue weighted by molar-refractivity contribution is 0.0765. The van der Waals surface area contributed by atoms with E-state index < -0.39 is 11.1 Å². The van der Waals surface area contributed by atoms with Crippen LogP contribution in [-0.4, -0.2) is 48.0 Å². The zero-order chi connectivity index (χ0) is 21.8. The number of carbonyl (C=O) groups is 1. The molecule has 2 aromatic heterocycles. The van der Waals surface area contributed by atoms with Gasteiger partial charge in [-0.25, -0.2) is 4.68 Å². The normalized spacial score (nSPS) is 19.9. The minimum atomic E-state index is -0.610. The third-order valence-corrected chi connectivity index (χ3v) is 6.35. The molecule has 2 aliphatic rings. The van der Waals surface area contributed by atoms with Crippen molar-refractivity contribution in [1.82, 2.24) is 29.0 Å². The standard InChI is InChI=1S/C22H24N6O3/c1-15-3-5-16(6-4-15)12-28-21(31)20(30)27-14-22(11-18(27)24-28)8-10-26(13-22)19(29)17-7-9-25(2)23-17/h3-7,9H,8,10-14H2,1-2H3/t22-/m0/s1. The van der Waals surface area contributed by atoms with Crippen molar-refractivity contribution in [3.8, 4) is 0 Å². The van der Waals surface area contributed by atoms with E-state index in [1.165, 1.54) is 9.25 Å². The Labute approximate surface area is 178 Å². The number of hydrogen-bond donors (Lipinski definition) is 0. The van der Waals surface area contributed by atoms with Crippen LogP contribution in [0.25, 0.3) is 0 Å². The van der Waals surface area contributed by atoms with Crippen molar-refractivity contribution in [2.75, 3.05) is 13.1 Å². The molecule has 9 nitrogen and oxygen atoms in total. The number of nitrogens with zero attached hydrogens (tertiary/aromatic N) is 6. The Kier molecular flexibility index (Phi) is 4.42. The quantitative estimate of drug-likeness (QED) is 0.578. The van der Waals surface area contributed by atoms with E-state index in [9.17, 15) is 14.4 Å². The molecule has 2 aliphatic heterocycles. The summed E-state index contributed by atoms with van der Waals surface area (Å²) in [6.45, 7) is 3.81. The number of rotatable bonds is 3. The van der Waals surface area contributed by atoms with Gasteiger partial charge >= 0.3 is 11.1 Å². The van der Waals surface area contributed by atoms with E-state index in [0.717, 1.165) is 17.5 Å². The summed E-state index contributed by atoms with van der Waals surface area (Å²) in [5.41, 5.74) is 1.06. The first kappa shape index (κ1) is 19.5. The number of carbonyl (C=O) groups excluding carboxylic acids is 1. The SMILES string of the molecule is Cc1ccc(Cn2nc3n(c(=O)c2=O)C[C@@]2(CCN(C(=O)c4ccn(C)n4)C2)C3)cc1. The molecule has 5 rings (SSSR count). The predicted octanol–water partition coefficient (Wildman–Crippen LogP) is 0.584. The monoisotopic (exact) mass is 420 g/mol. The van der Waals surface area contributed by atoms with Crippen molar-refractivity contribution < 1.29 is 4.79 Å². The summed E-state index contributed by atoms with van der Waals surface area (Å²) in [5.74, 6) is 0.511. The number of aromatic nitrogens is 5. The summed E-state index contributed by atoms with van der Waals surface area (Å²) in [5, 5.41) is 8.74. The third-order valence-electron chi connectivity index (χ3n) is 6.35. The molecule has 0 saturated carbocycles. The molecule has 1 fully saturated rings. The molecule has 0 aliphatic carbocycles. The molecule has 1 saturated heterocycles. The Balaban J connectivity index is 1.39. The number of fused-ring (bicyclic) bond motifs is 1. The highest BCUT2D eigenvalue weighted by molar-refractivity contribution is 5.92. The maximum Gasteiger partial charge on any atom is 0.332 e.